The van der Waals surface area contributed by atoms with Crippen molar-refractivity contribution < 1.29 is 4.79 Å². The fourth-order valence-corrected chi connectivity index (χ4v) is 4.91. The van der Waals surface area contributed by atoms with Crippen LogP contribution in [0.2, 0.25) is 0 Å². The molecular weight excluding hydrogens is 450 g/mol. The van der Waals surface area contributed by atoms with E-state index in [9.17, 15) is 4.79 Å². The Bertz CT molecular complexity index is 1150. The van der Waals surface area contributed by atoms with Crippen molar-refractivity contribution in [1.82, 2.24) is 15.1 Å². The van der Waals surface area contributed by atoms with Crippen LogP contribution in [0, 0.1) is 0 Å². The topological polar surface area (TPSA) is 98.0 Å². The van der Waals surface area contributed by atoms with Gasteiger partial charge in [0.25, 0.3) is 0 Å². The van der Waals surface area contributed by atoms with Crippen LogP contribution < -0.4 is 21.7 Å². The SMILES string of the molecule is CC1NC=C/C1=C(/N=CN)N1CCCC(c2cccc(NC(=O)Nc3ccccc3CN(C)C)c2)C1. The number of amides is 2. The highest BCUT2D eigenvalue weighted by Crippen LogP contribution is 2.32. The Morgan fingerprint density at radius 2 is 2.06 bits per heavy atom. The molecule has 2 unspecified atom stereocenters. The number of piperidine rings is 1. The molecule has 0 spiro atoms. The minimum Gasteiger partial charge on any atom is -0.390 e. The van der Waals surface area contributed by atoms with Gasteiger partial charge in [0.2, 0.25) is 0 Å². The molecule has 36 heavy (non-hydrogen) atoms. The van der Waals surface area contributed by atoms with Crippen molar-refractivity contribution in [2.75, 3.05) is 37.8 Å². The third-order valence-corrected chi connectivity index (χ3v) is 6.62. The quantitative estimate of drug-likeness (QED) is 0.345. The number of likely N-dealkylation sites (tertiary alicyclic amines) is 1. The second kappa shape index (κ2) is 11.8. The number of rotatable bonds is 7. The zero-order chi connectivity index (χ0) is 25.5. The second-order valence-electron chi connectivity index (χ2n) is 9.66. The standard InChI is InChI=1S/C28H37N7O/c1-20-25(13-14-30-20)27(31-19-29)35-15-7-10-22(18-35)21-9-6-11-24(16-21)32-28(36)33-26-12-5-4-8-23(26)17-34(2)3/h4-6,8-9,11-14,16,19-20,22,30H,7,10,15,17-18H2,1-3H3,(H2,29,31)(H2,32,33,36)/b27-25+. The average Bonchev–Trinajstić information content (AvgIpc) is 3.29. The molecule has 1 saturated heterocycles. The number of nitrogens with one attached hydrogen (secondary N) is 3. The number of hydrogen-bond acceptors (Lipinski definition) is 5. The first-order valence-electron chi connectivity index (χ1n) is 12.5. The van der Waals surface area contributed by atoms with Crippen LogP contribution in [0.3, 0.4) is 0 Å². The van der Waals surface area contributed by atoms with E-state index in [0.717, 1.165) is 60.8 Å². The summed E-state index contributed by atoms with van der Waals surface area (Å²) in [5.74, 6) is 1.27. The number of urea groups is 1. The molecule has 190 valence electrons. The van der Waals surface area contributed by atoms with Gasteiger partial charge in [-0.25, -0.2) is 9.79 Å². The van der Waals surface area contributed by atoms with E-state index in [1.54, 1.807) is 0 Å². The minimum absolute atomic E-state index is 0.206. The predicted molar refractivity (Wildman–Crippen MR) is 148 cm³/mol. The maximum atomic E-state index is 12.8. The lowest BCUT2D eigenvalue weighted by Gasteiger charge is -2.35. The summed E-state index contributed by atoms with van der Waals surface area (Å²) < 4.78 is 0. The number of hydrogen-bond donors (Lipinski definition) is 4. The molecule has 0 saturated carbocycles. The molecule has 8 nitrogen and oxygen atoms in total. The normalized spacial score (nSPS) is 21.1. The smallest absolute Gasteiger partial charge is 0.323 e. The van der Waals surface area contributed by atoms with Gasteiger partial charge in [0, 0.05) is 42.5 Å². The molecule has 8 heteroatoms. The summed E-state index contributed by atoms with van der Waals surface area (Å²) in [6.45, 7) is 4.67. The maximum Gasteiger partial charge on any atom is 0.323 e. The summed E-state index contributed by atoms with van der Waals surface area (Å²) in [5.41, 5.74) is 10.7. The van der Waals surface area contributed by atoms with Gasteiger partial charge in [-0.2, -0.15) is 0 Å². The first-order chi connectivity index (χ1) is 17.4. The molecule has 2 aromatic rings. The molecular formula is C28H37N7O. The van der Waals surface area contributed by atoms with Gasteiger partial charge in [0.15, 0.2) is 0 Å². The Balaban J connectivity index is 1.45. The maximum absolute atomic E-state index is 12.8. The highest BCUT2D eigenvalue weighted by atomic mass is 16.2. The summed E-state index contributed by atoms with van der Waals surface area (Å²) in [4.78, 5) is 21.7. The molecule has 4 rings (SSSR count). The summed E-state index contributed by atoms with van der Waals surface area (Å²) >= 11 is 0. The van der Waals surface area contributed by atoms with Gasteiger partial charge in [0.1, 0.15) is 5.82 Å². The monoisotopic (exact) mass is 487 g/mol. The molecule has 2 aromatic carbocycles. The van der Waals surface area contributed by atoms with Crippen LogP contribution in [0.25, 0.3) is 0 Å². The van der Waals surface area contributed by atoms with E-state index < -0.39 is 0 Å². The van der Waals surface area contributed by atoms with Crippen LogP contribution in [0.5, 0.6) is 0 Å². The van der Waals surface area contributed by atoms with Gasteiger partial charge in [-0.3, -0.25) is 0 Å². The molecule has 2 aliphatic rings. The molecule has 2 atom stereocenters. The van der Waals surface area contributed by atoms with Crippen LogP contribution in [0.15, 0.2) is 77.2 Å². The van der Waals surface area contributed by atoms with Crippen molar-refractivity contribution in [3.8, 4) is 0 Å². The molecule has 5 N–H and O–H groups in total. The van der Waals surface area contributed by atoms with E-state index in [0.29, 0.717) is 5.92 Å². The van der Waals surface area contributed by atoms with Crippen molar-refractivity contribution in [3.63, 3.8) is 0 Å². The lowest BCUT2D eigenvalue weighted by Crippen LogP contribution is -2.35. The Labute approximate surface area is 214 Å². The average molecular weight is 488 g/mol. The van der Waals surface area contributed by atoms with Gasteiger partial charge in [-0.05, 0) is 75.5 Å². The zero-order valence-electron chi connectivity index (χ0n) is 21.4. The number of para-hydroxylation sites is 1. The Kier molecular flexibility index (Phi) is 8.28. The summed E-state index contributed by atoms with van der Waals surface area (Å²) in [6, 6.07) is 16.0. The van der Waals surface area contributed by atoms with Gasteiger partial charge in [-0.15, -0.1) is 0 Å². The number of aliphatic imine (C=N–C) groups is 1. The third kappa shape index (κ3) is 6.26. The largest absolute Gasteiger partial charge is 0.390 e. The predicted octanol–water partition coefficient (Wildman–Crippen LogP) is 4.28. The van der Waals surface area contributed by atoms with Gasteiger partial charge in [0.05, 0.1) is 12.4 Å². The van der Waals surface area contributed by atoms with E-state index >= 15 is 0 Å². The highest BCUT2D eigenvalue weighted by molar-refractivity contribution is 6.00. The van der Waals surface area contributed by atoms with E-state index in [4.69, 9.17) is 5.73 Å². The Morgan fingerprint density at radius 3 is 2.81 bits per heavy atom. The second-order valence-corrected chi connectivity index (χ2v) is 9.66. The van der Waals surface area contributed by atoms with Gasteiger partial charge >= 0.3 is 6.03 Å². The molecule has 0 aliphatic carbocycles. The molecule has 2 aliphatic heterocycles. The van der Waals surface area contributed by atoms with Crippen LogP contribution in [0.1, 0.15) is 36.8 Å². The number of benzene rings is 2. The molecule has 0 bridgehead atoms. The van der Waals surface area contributed by atoms with E-state index in [1.807, 2.05) is 56.7 Å². The van der Waals surface area contributed by atoms with Crippen molar-refractivity contribution >= 4 is 23.7 Å². The first-order valence-corrected chi connectivity index (χ1v) is 12.5. The summed E-state index contributed by atoms with van der Waals surface area (Å²) in [6.07, 6.45) is 7.57. The highest BCUT2D eigenvalue weighted by Gasteiger charge is 2.26. The van der Waals surface area contributed by atoms with E-state index in [1.165, 1.54) is 11.9 Å². The lowest BCUT2D eigenvalue weighted by atomic mass is 9.90. The van der Waals surface area contributed by atoms with Crippen molar-refractivity contribution in [3.05, 3.63) is 83.3 Å². The summed E-state index contributed by atoms with van der Waals surface area (Å²) in [5, 5.41) is 9.33. The molecule has 0 aromatic heterocycles. The minimum atomic E-state index is -0.248. The first kappa shape index (κ1) is 25.3. The van der Waals surface area contributed by atoms with Crippen molar-refractivity contribution in [2.24, 2.45) is 10.7 Å². The zero-order valence-corrected chi connectivity index (χ0v) is 21.4. The van der Waals surface area contributed by atoms with E-state index in [2.05, 4.69) is 55.9 Å². The number of anilines is 2. The van der Waals surface area contributed by atoms with E-state index in [-0.39, 0.29) is 12.1 Å². The Morgan fingerprint density at radius 1 is 1.22 bits per heavy atom. The van der Waals surface area contributed by atoms with Crippen LogP contribution in [-0.4, -0.2) is 55.4 Å². The third-order valence-electron chi connectivity index (χ3n) is 6.62. The number of carbonyl (C=O) groups excluding carboxylic acids is 1. The van der Waals surface area contributed by atoms with Crippen molar-refractivity contribution in [1.29, 1.82) is 0 Å². The number of carbonyl (C=O) groups is 1. The van der Waals surface area contributed by atoms with Gasteiger partial charge < -0.3 is 31.5 Å². The fourth-order valence-electron chi connectivity index (χ4n) is 4.91. The Hall–Kier alpha value is -3.78. The molecule has 1 fully saturated rings. The summed E-state index contributed by atoms with van der Waals surface area (Å²) in [7, 11) is 4.02. The molecule has 2 amide bonds. The fraction of sp³-hybridized carbons (Fsp3) is 0.357. The van der Waals surface area contributed by atoms with Crippen LogP contribution in [-0.2, 0) is 6.54 Å². The lowest BCUT2D eigenvalue weighted by molar-refractivity contribution is 0.254. The number of nitrogens with two attached hydrogens (primary N) is 1. The van der Waals surface area contributed by atoms with Gasteiger partial charge in [-0.1, -0.05) is 30.3 Å². The van der Waals surface area contributed by atoms with Crippen molar-refractivity contribution in [2.45, 2.75) is 38.3 Å². The number of nitrogens with zero attached hydrogens (tertiary/aromatic N) is 3. The molecule has 2 heterocycles. The van der Waals surface area contributed by atoms with Crippen LogP contribution >= 0.6 is 0 Å². The van der Waals surface area contributed by atoms with Crippen LogP contribution in [0.4, 0.5) is 16.2 Å². The molecule has 0 radical (unpaired) electrons.